The summed E-state index contributed by atoms with van der Waals surface area (Å²) in [5.41, 5.74) is 0. The second-order valence-corrected chi connectivity index (χ2v) is 9.52. The number of rotatable bonds is 19. The van der Waals surface area contributed by atoms with E-state index in [0.717, 1.165) is 38.5 Å². The van der Waals surface area contributed by atoms with E-state index >= 15 is 0 Å². The predicted octanol–water partition coefficient (Wildman–Crippen LogP) is 3.29. The van der Waals surface area contributed by atoms with E-state index in [0.29, 0.717) is 12.8 Å². The molecule has 0 saturated heterocycles. The summed E-state index contributed by atoms with van der Waals surface area (Å²) in [7, 11) is -4.67. The zero-order valence-electron chi connectivity index (χ0n) is 18.3. The van der Waals surface area contributed by atoms with Crippen molar-refractivity contribution in [2.45, 2.75) is 134 Å². The second-order valence-electron chi connectivity index (χ2n) is 7.85. The van der Waals surface area contributed by atoms with Gasteiger partial charge in [-0.3, -0.25) is 0 Å². The van der Waals surface area contributed by atoms with Crippen molar-refractivity contribution in [3.8, 4) is 0 Å². The molecule has 0 rings (SSSR count). The molecule has 0 spiro atoms. The van der Waals surface area contributed by atoms with E-state index in [2.05, 4.69) is 13.8 Å². The summed E-state index contributed by atoms with van der Waals surface area (Å²) in [6.45, 7) is 4.38. The molecule has 0 aliphatic rings. The quantitative estimate of drug-likeness (QED) is 0.194. The summed E-state index contributed by atoms with van der Waals surface area (Å²) >= 11 is 0. The minimum Gasteiger partial charge on any atom is -0.746 e. The largest absolute Gasteiger partial charge is 1.00 e. The fourth-order valence-electron chi connectivity index (χ4n) is 3.45. The Morgan fingerprint density at radius 2 is 0.889 bits per heavy atom. The van der Waals surface area contributed by atoms with Crippen molar-refractivity contribution in [3.63, 3.8) is 0 Å². The van der Waals surface area contributed by atoms with Crippen molar-refractivity contribution in [3.05, 3.63) is 0 Å². The fraction of sp³-hybridized carbons (Fsp3) is 1.00. The third-order valence-electron chi connectivity index (χ3n) is 5.31. The molecule has 0 bridgehead atoms. The summed E-state index contributed by atoms with van der Waals surface area (Å²) in [6.07, 6.45) is 17.5. The van der Waals surface area contributed by atoms with Gasteiger partial charge in [0.1, 0.15) is 10.1 Å². The first-order chi connectivity index (χ1) is 12.4. The molecule has 0 aromatic carbocycles. The van der Waals surface area contributed by atoms with Crippen LogP contribution in [0.15, 0.2) is 0 Å². The summed E-state index contributed by atoms with van der Waals surface area (Å²) in [4.78, 5) is -2.06. The maximum absolute atomic E-state index is 11.5. The van der Waals surface area contributed by atoms with Gasteiger partial charge < -0.3 is 9.66 Å². The molecule has 4 nitrogen and oxygen atoms in total. The first-order valence-corrected chi connectivity index (χ1v) is 12.5. The van der Waals surface area contributed by atoms with Crippen LogP contribution >= 0.6 is 0 Å². The molecule has 0 aliphatic heterocycles. The Balaban J connectivity index is 0. The topological polar surface area (TPSA) is 77.4 Å². The Morgan fingerprint density at radius 1 is 0.630 bits per heavy atom. The van der Waals surface area contributed by atoms with Crippen LogP contribution in [0.5, 0.6) is 0 Å². The van der Waals surface area contributed by atoms with Gasteiger partial charge in [0.15, 0.2) is 4.93 Å². The molecule has 1 N–H and O–H groups in total. The van der Waals surface area contributed by atoms with Gasteiger partial charge in [-0.15, -0.1) is 0 Å². The van der Waals surface area contributed by atoms with Gasteiger partial charge in [-0.1, -0.05) is 104 Å². The van der Waals surface area contributed by atoms with Crippen LogP contribution < -0.4 is 51.4 Å². The minimum absolute atomic E-state index is 0. The number of hydrogen-bond acceptors (Lipinski definition) is 4. The van der Waals surface area contributed by atoms with E-state index in [1.54, 1.807) is 0 Å². The number of unbranched alkanes of at least 4 members (excludes halogenated alkanes) is 14. The van der Waals surface area contributed by atoms with Gasteiger partial charge in [-0.25, -0.2) is 8.42 Å². The molecule has 0 atom stereocenters. The van der Waals surface area contributed by atoms with Crippen molar-refractivity contribution < 1.29 is 69.5 Å². The Morgan fingerprint density at radius 3 is 1.15 bits per heavy atom. The van der Waals surface area contributed by atoms with Crippen molar-refractivity contribution in [2.24, 2.45) is 0 Å². The number of aliphatic hydroxyl groups is 1. The first kappa shape index (κ1) is 30.7. The Kier molecular flexibility index (Phi) is 22.1. The molecule has 0 fully saturated rings. The zero-order valence-corrected chi connectivity index (χ0v) is 22.2. The van der Waals surface area contributed by atoms with E-state index in [1.807, 2.05) is 0 Å². The maximum atomic E-state index is 11.5. The van der Waals surface area contributed by atoms with Crippen molar-refractivity contribution >= 4 is 10.1 Å². The van der Waals surface area contributed by atoms with Crippen LogP contribution in [0.25, 0.3) is 0 Å². The van der Waals surface area contributed by atoms with Crippen LogP contribution in [-0.4, -0.2) is 23.0 Å². The smallest absolute Gasteiger partial charge is 0.746 e. The molecule has 0 aliphatic carbocycles. The van der Waals surface area contributed by atoms with Crippen LogP contribution in [0.2, 0.25) is 0 Å². The molecule has 0 unspecified atom stereocenters. The molecule has 0 amide bonds. The Hall–Kier alpha value is 1.51. The van der Waals surface area contributed by atoms with Gasteiger partial charge >= 0.3 is 51.4 Å². The van der Waals surface area contributed by atoms with Crippen LogP contribution in [-0.2, 0) is 10.1 Å². The molecule has 27 heavy (non-hydrogen) atoms. The molecule has 0 heterocycles. The van der Waals surface area contributed by atoms with E-state index in [4.69, 9.17) is 0 Å². The Bertz CT molecular complexity index is 392. The molecule has 0 saturated carbocycles. The van der Waals surface area contributed by atoms with Gasteiger partial charge in [0.25, 0.3) is 0 Å². The van der Waals surface area contributed by atoms with Crippen LogP contribution in [0.3, 0.4) is 0 Å². The van der Waals surface area contributed by atoms with Crippen LogP contribution in [0.1, 0.15) is 129 Å². The average Bonchev–Trinajstić information content (AvgIpc) is 2.58. The first-order valence-electron chi connectivity index (χ1n) is 11.0. The van der Waals surface area contributed by atoms with Crippen LogP contribution in [0.4, 0.5) is 0 Å². The summed E-state index contributed by atoms with van der Waals surface area (Å²) in [5, 5.41) is 10.4. The molecule has 0 aromatic rings. The van der Waals surface area contributed by atoms with Gasteiger partial charge in [0.2, 0.25) is 0 Å². The van der Waals surface area contributed by atoms with Gasteiger partial charge in [0.05, 0.1) is 0 Å². The van der Waals surface area contributed by atoms with Crippen LogP contribution in [0, 0.1) is 0 Å². The Labute approximate surface area is 211 Å². The third-order valence-corrected chi connectivity index (χ3v) is 6.65. The summed E-state index contributed by atoms with van der Waals surface area (Å²) < 4.78 is 34.6. The van der Waals surface area contributed by atoms with E-state index in [9.17, 15) is 18.1 Å². The van der Waals surface area contributed by atoms with Crippen molar-refractivity contribution in [2.75, 3.05) is 0 Å². The molecular formula is C21H43KO4S. The fourth-order valence-corrected chi connectivity index (χ4v) is 4.23. The average molecular weight is 431 g/mol. The van der Waals surface area contributed by atoms with Gasteiger partial charge in [0, 0.05) is 0 Å². The van der Waals surface area contributed by atoms with Crippen molar-refractivity contribution in [1.29, 1.82) is 0 Å². The van der Waals surface area contributed by atoms with Gasteiger partial charge in [-0.05, 0) is 25.7 Å². The molecular weight excluding hydrogens is 387 g/mol. The van der Waals surface area contributed by atoms with Crippen molar-refractivity contribution in [1.82, 2.24) is 0 Å². The number of hydrogen-bond donors (Lipinski definition) is 1. The second kappa shape index (κ2) is 19.5. The SMILES string of the molecule is CCCCCCCCCCC(O)(CCCCCCCCCC)S(=O)(=O)[O-].[K+]. The normalized spacial score (nSPS) is 12.1. The minimum atomic E-state index is -4.67. The molecule has 6 heteroatoms. The molecule has 0 radical (unpaired) electrons. The zero-order chi connectivity index (χ0) is 19.7. The van der Waals surface area contributed by atoms with E-state index < -0.39 is 15.1 Å². The predicted molar refractivity (Wildman–Crippen MR) is 109 cm³/mol. The maximum Gasteiger partial charge on any atom is 1.00 e. The summed E-state index contributed by atoms with van der Waals surface area (Å²) in [5.74, 6) is 0. The summed E-state index contributed by atoms with van der Waals surface area (Å²) in [6, 6.07) is 0. The molecule has 0 aromatic heterocycles. The van der Waals surface area contributed by atoms with Gasteiger partial charge in [-0.2, -0.15) is 0 Å². The van der Waals surface area contributed by atoms with E-state index in [1.165, 1.54) is 51.4 Å². The third kappa shape index (κ3) is 16.9. The monoisotopic (exact) mass is 430 g/mol. The van der Waals surface area contributed by atoms with E-state index in [-0.39, 0.29) is 64.2 Å². The molecule has 158 valence electrons. The standard InChI is InChI=1S/C21H44O4S.K/c1-3-5-7-9-11-13-15-17-19-21(22,26(23,24)25)20-18-16-14-12-10-8-6-4-2;/h22H,3-20H2,1-2H3,(H,23,24,25);/q;+1/p-1.